The van der Waals surface area contributed by atoms with Crippen LogP contribution in [0.1, 0.15) is 52.4 Å². The van der Waals surface area contributed by atoms with Gasteiger partial charge in [-0.15, -0.1) is 0 Å². The van der Waals surface area contributed by atoms with Crippen LogP contribution in [-0.2, 0) is 0 Å². The quantitative estimate of drug-likeness (QED) is 0.513. The Bertz CT molecular complexity index is 162. The first-order valence-electron chi connectivity index (χ1n) is 5.56. The molecule has 1 nitrogen and oxygen atoms in total. The van der Waals surface area contributed by atoms with Gasteiger partial charge < -0.3 is 5.11 Å². The van der Waals surface area contributed by atoms with E-state index >= 15 is 0 Å². The first kappa shape index (κ1) is 10.8. The molecule has 1 saturated carbocycles. The summed E-state index contributed by atoms with van der Waals surface area (Å²) >= 11 is 0. The minimum absolute atomic E-state index is 0.261. The maximum Gasteiger partial charge on any atom is 0.0719 e. The topological polar surface area (TPSA) is 20.2 Å². The van der Waals surface area contributed by atoms with E-state index in [4.69, 9.17) is 0 Å². The van der Waals surface area contributed by atoms with Crippen molar-refractivity contribution in [2.24, 2.45) is 5.92 Å². The van der Waals surface area contributed by atoms with Crippen LogP contribution in [0, 0.1) is 5.92 Å². The molecule has 1 rings (SSSR count). The molecule has 0 aliphatic heterocycles. The standard InChI is InChI=1S/C12H22O/c1-10(11(2)13)9-12-7-5-3-4-6-8-12/h9,11-13H,3-8H2,1-2H3. The molecule has 1 fully saturated rings. The van der Waals surface area contributed by atoms with Gasteiger partial charge in [-0.1, -0.05) is 31.8 Å². The van der Waals surface area contributed by atoms with Gasteiger partial charge in [0.25, 0.3) is 0 Å². The fraction of sp³-hybridized carbons (Fsp3) is 0.833. The predicted molar refractivity (Wildman–Crippen MR) is 56.6 cm³/mol. The second kappa shape index (κ2) is 5.43. The summed E-state index contributed by atoms with van der Waals surface area (Å²) < 4.78 is 0. The van der Waals surface area contributed by atoms with Crippen molar-refractivity contribution in [2.75, 3.05) is 0 Å². The van der Waals surface area contributed by atoms with Gasteiger partial charge in [-0.05, 0) is 38.2 Å². The van der Waals surface area contributed by atoms with Gasteiger partial charge in [0.1, 0.15) is 0 Å². The van der Waals surface area contributed by atoms with Crippen molar-refractivity contribution in [1.82, 2.24) is 0 Å². The minimum atomic E-state index is -0.261. The van der Waals surface area contributed by atoms with Crippen molar-refractivity contribution in [1.29, 1.82) is 0 Å². The lowest BCUT2D eigenvalue weighted by Gasteiger charge is -2.12. The highest BCUT2D eigenvalue weighted by atomic mass is 16.3. The average Bonchev–Trinajstić information content (AvgIpc) is 2.32. The molecule has 0 heterocycles. The maximum absolute atomic E-state index is 9.35. The van der Waals surface area contributed by atoms with Gasteiger partial charge in [0.05, 0.1) is 6.10 Å². The smallest absolute Gasteiger partial charge is 0.0719 e. The third-order valence-electron chi connectivity index (χ3n) is 3.06. The first-order chi connectivity index (χ1) is 6.20. The first-order valence-corrected chi connectivity index (χ1v) is 5.56. The summed E-state index contributed by atoms with van der Waals surface area (Å²) in [5.41, 5.74) is 1.15. The second-order valence-electron chi connectivity index (χ2n) is 4.34. The maximum atomic E-state index is 9.35. The van der Waals surface area contributed by atoms with E-state index in [1.165, 1.54) is 38.5 Å². The normalized spacial score (nSPS) is 24.1. The van der Waals surface area contributed by atoms with Crippen LogP contribution in [0.5, 0.6) is 0 Å². The summed E-state index contributed by atoms with van der Waals surface area (Å²) in [6.07, 6.45) is 10.2. The van der Waals surface area contributed by atoms with E-state index in [9.17, 15) is 5.11 Å². The Labute approximate surface area is 81.9 Å². The van der Waals surface area contributed by atoms with Crippen molar-refractivity contribution in [3.05, 3.63) is 11.6 Å². The molecule has 0 saturated heterocycles. The van der Waals surface area contributed by atoms with Crippen molar-refractivity contribution in [2.45, 2.75) is 58.5 Å². The van der Waals surface area contributed by atoms with E-state index in [2.05, 4.69) is 6.08 Å². The molecule has 0 spiro atoms. The van der Waals surface area contributed by atoms with Crippen LogP contribution in [0.3, 0.4) is 0 Å². The highest BCUT2D eigenvalue weighted by molar-refractivity contribution is 5.05. The minimum Gasteiger partial charge on any atom is -0.389 e. The number of hydrogen-bond acceptors (Lipinski definition) is 1. The fourth-order valence-corrected chi connectivity index (χ4v) is 1.99. The monoisotopic (exact) mass is 182 g/mol. The lowest BCUT2D eigenvalue weighted by atomic mass is 9.96. The Morgan fingerprint density at radius 1 is 1.23 bits per heavy atom. The van der Waals surface area contributed by atoms with Gasteiger partial charge in [-0.3, -0.25) is 0 Å². The molecule has 0 radical (unpaired) electrons. The van der Waals surface area contributed by atoms with Crippen LogP contribution in [0.2, 0.25) is 0 Å². The highest BCUT2D eigenvalue weighted by Crippen LogP contribution is 2.25. The number of allylic oxidation sites excluding steroid dienone is 1. The van der Waals surface area contributed by atoms with E-state index in [0.29, 0.717) is 0 Å². The summed E-state index contributed by atoms with van der Waals surface area (Å²) in [5.74, 6) is 0.733. The van der Waals surface area contributed by atoms with Gasteiger partial charge >= 0.3 is 0 Å². The molecule has 0 aromatic rings. The predicted octanol–water partition coefficient (Wildman–Crippen LogP) is 3.28. The fourth-order valence-electron chi connectivity index (χ4n) is 1.99. The summed E-state index contributed by atoms with van der Waals surface area (Å²) in [4.78, 5) is 0. The lowest BCUT2D eigenvalue weighted by Crippen LogP contribution is -2.04. The van der Waals surface area contributed by atoms with Crippen molar-refractivity contribution >= 4 is 0 Å². The Balaban J connectivity index is 2.45. The summed E-state index contributed by atoms with van der Waals surface area (Å²) in [6, 6.07) is 0. The molecular formula is C12H22O. The van der Waals surface area contributed by atoms with Crippen molar-refractivity contribution < 1.29 is 5.11 Å². The van der Waals surface area contributed by atoms with Crippen LogP contribution in [0.15, 0.2) is 11.6 Å². The van der Waals surface area contributed by atoms with E-state index in [-0.39, 0.29) is 6.10 Å². The molecule has 0 bridgehead atoms. The zero-order valence-corrected chi connectivity index (χ0v) is 8.92. The van der Waals surface area contributed by atoms with E-state index in [0.717, 1.165) is 11.5 Å². The Hall–Kier alpha value is -0.300. The zero-order chi connectivity index (χ0) is 9.68. The Kier molecular flexibility index (Phi) is 4.51. The molecule has 76 valence electrons. The Morgan fingerprint density at radius 3 is 2.23 bits per heavy atom. The van der Waals surface area contributed by atoms with Crippen molar-refractivity contribution in [3.63, 3.8) is 0 Å². The molecule has 0 amide bonds. The molecule has 0 aromatic heterocycles. The Morgan fingerprint density at radius 2 is 1.77 bits per heavy atom. The van der Waals surface area contributed by atoms with Gasteiger partial charge in [0, 0.05) is 0 Å². The zero-order valence-electron chi connectivity index (χ0n) is 8.92. The summed E-state index contributed by atoms with van der Waals surface area (Å²) in [7, 11) is 0. The molecular weight excluding hydrogens is 160 g/mol. The molecule has 1 unspecified atom stereocenters. The highest BCUT2D eigenvalue weighted by Gasteiger charge is 2.10. The number of hydrogen-bond donors (Lipinski definition) is 1. The van der Waals surface area contributed by atoms with E-state index < -0.39 is 0 Å². The van der Waals surface area contributed by atoms with Crippen LogP contribution < -0.4 is 0 Å². The van der Waals surface area contributed by atoms with Gasteiger partial charge in [-0.2, -0.15) is 0 Å². The number of rotatable bonds is 2. The van der Waals surface area contributed by atoms with E-state index in [1.54, 1.807) is 0 Å². The largest absolute Gasteiger partial charge is 0.389 e. The summed E-state index contributed by atoms with van der Waals surface area (Å²) in [5, 5.41) is 9.35. The molecule has 1 aliphatic rings. The summed E-state index contributed by atoms with van der Waals surface area (Å²) in [6.45, 7) is 3.89. The van der Waals surface area contributed by atoms with E-state index in [1.807, 2.05) is 13.8 Å². The average molecular weight is 182 g/mol. The lowest BCUT2D eigenvalue weighted by molar-refractivity contribution is 0.230. The third-order valence-corrected chi connectivity index (χ3v) is 3.06. The molecule has 1 aliphatic carbocycles. The van der Waals surface area contributed by atoms with Crippen LogP contribution in [0.4, 0.5) is 0 Å². The van der Waals surface area contributed by atoms with Crippen LogP contribution >= 0.6 is 0 Å². The number of aliphatic hydroxyl groups is 1. The molecule has 1 atom stereocenters. The second-order valence-corrected chi connectivity index (χ2v) is 4.34. The molecule has 0 aromatic carbocycles. The molecule has 1 heteroatoms. The van der Waals surface area contributed by atoms with Gasteiger partial charge in [0.15, 0.2) is 0 Å². The SMILES string of the molecule is CC(=CC1CCCCCC1)C(C)O. The molecule has 1 N–H and O–H groups in total. The number of aliphatic hydroxyl groups excluding tert-OH is 1. The molecule has 13 heavy (non-hydrogen) atoms. The van der Waals surface area contributed by atoms with Crippen LogP contribution in [0.25, 0.3) is 0 Å². The van der Waals surface area contributed by atoms with Gasteiger partial charge in [-0.25, -0.2) is 0 Å². The third kappa shape index (κ3) is 3.95. The van der Waals surface area contributed by atoms with Crippen molar-refractivity contribution in [3.8, 4) is 0 Å². The van der Waals surface area contributed by atoms with Gasteiger partial charge in [0.2, 0.25) is 0 Å². The van der Waals surface area contributed by atoms with Crippen LogP contribution in [-0.4, -0.2) is 11.2 Å².